The van der Waals surface area contributed by atoms with E-state index in [0.29, 0.717) is 82.9 Å². The molecule has 10 N–H and O–H groups in total. The molecule has 2 aliphatic heterocycles. The molecule has 80 heavy (non-hydrogen) atoms. The number of carbonyl (C=O) groups excluding carboxylic acids is 6. The molecule has 0 spiro atoms. The molecule has 1 aliphatic carbocycles. The highest BCUT2D eigenvalue weighted by molar-refractivity contribution is 5.97. The predicted octanol–water partition coefficient (Wildman–Crippen LogP) is 2.72. The van der Waals surface area contributed by atoms with Crippen molar-refractivity contribution in [2.75, 3.05) is 84.1 Å². The summed E-state index contributed by atoms with van der Waals surface area (Å²) in [6, 6.07) is 13.3. The number of amides is 6. The molecule has 0 radical (unpaired) electrons. The molecule has 1 fully saturated rings. The minimum atomic E-state index is -0.987. The highest BCUT2D eigenvalue weighted by Gasteiger charge is 2.31. The van der Waals surface area contributed by atoms with Crippen LogP contribution in [0.25, 0.3) is 0 Å². The first-order chi connectivity index (χ1) is 38.8. The summed E-state index contributed by atoms with van der Waals surface area (Å²) in [7, 11) is 0. The van der Waals surface area contributed by atoms with Gasteiger partial charge in [-0.2, -0.15) is 5.11 Å². The molecular weight excluding hydrogens is 1030 g/mol. The average molecular weight is 1120 g/mol. The molecule has 23 heteroatoms. The summed E-state index contributed by atoms with van der Waals surface area (Å²) in [6.45, 7) is 5.94. The van der Waals surface area contributed by atoms with E-state index in [-0.39, 0.29) is 102 Å². The molecule has 0 aromatic heterocycles. The molecule has 1 unspecified atom stereocenters. The lowest BCUT2D eigenvalue weighted by Gasteiger charge is -2.34. The summed E-state index contributed by atoms with van der Waals surface area (Å²) in [5.41, 5.74) is 17.8. The number of anilines is 1. The number of benzene rings is 2. The van der Waals surface area contributed by atoms with Crippen molar-refractivity contribution in [1.29, 1.82) is 5.53 Å². The maximum atomic E-state index is 13.4. The van der Waals surface area contributed by atoms with Crippen molar-refractivity contribution in [3.8, 4) is 11.8 Å². The van der Waals surface area contributed by atoms with Crippen molar-refractivity contribution in [3.63, 3.8) is 0 Å². The zero-order valence-corrected chi connectivity index (χ0v) is 46.3. The van der Waals surface area contributed by atoms with Crippen molar-refractivity contribution in [2.24, 2.45) is 16.8 Å². The number of ether oxygens (including phenoxy) is 6. The van der Waals surface area contributed by atoms with E-state index in [0.717, 1.165) is 41.6 Å². The zero-order chi connectivity index (χ0) is 57.5. The number of nitrogens with two attached hydrogens (primary N) is 1. The van der Waals surface area contributed by atoms with E-state index in [1.54, 1.807) is 18.7 Å². The first-order valence-electron chi connectivity index (χ1n) is 27.9. The molecule has 2 heterocycles. The van der Waals surface area contributed by atoms with E-state index in [1.807, 2.05) is 48.5 Å². The van der Waals surface area contributed by atoms with Gasteiger partial charge >= 0.3 is 0 Å². The van der Waals surface area contributed by atoms with Gasteiger partial charge in [-0.25, -0.2) is 5.53 Å². The monoisotopic (exact) mass is 1120 g/mol. The van der Waals surface area contributed by atoms with Crippen LogP contribution in [0.1, 0.15) is 114 Å². The van der Waals surface area contributed by atoms with Gasteiger partial charge in [-0.1, -0.05) is 68.9 Å². The Morgan fingerprint density at radius 2 is 1.46 bits per heavy atom. The predicted molar refractivity (Wildman–Crippen MR) is 294 cm³/mol. The summed E-state index contributed by atoms with van der Waals surface area (Å²) >= 11 is 0. The maximum Gasteiger partial charge on any atom is 0.246 e. The number of hydrogen-bond donors (Lipinski definition) is 9. The van der Waals surface area contributed by atoms with Gasteiger partial charge in [-0.3, -0.25) is 28.8 Å². The topological polar surface area (TPSA) is 324 Å². The second kappa shape index (κ2) is 36.1. The number of aliphatic hydroxyl groups excluding tert-OH is 2. The van der Waals surface area contributed by atoms with Crippen LogP contribution in [-0.4, -0.2) is 161 Å². The highest BCUT2D eigenvalue weighted by atomic mass is 16.6. The van der Waals surface area contributed by atoms with Crippen molar-refractivity contribution in [2.45, 2.75) is 140 Å². The maximum absolute atomic E-state index is 13.4. The van der Waals surface area contributed by atoms with Gasteiger partial charge < -0.3 is 75.9 Å². The fourth-order valence-corrected chi connectivity index (χ4v) is 9.24. The van der Waals surface area contributed by atoms with Crippen molar-refractivity contribution >= 4 is 41.1 Å². The van der Waals surface area contributed by atoms with Crippen LogP contribution in [0.15, 0.2) is 65.0 Å². The highest BCUT2D eigenvalue weighted by Crippen LogP contribution is 2.29. The van der Waals surface area contributed by atoms with Crippen LogP contribution in [0.5, 0.6) is 0 Å². The second-order valence-electron chi connectivity index (χ2n) is 20.1. The molecule has 0 bridgehead atoms. The lowest BCUT2D eigenvalue weighted by Crippen LogP contribution is -2.54. The Morgan fingerprint density at radius 3 is 2.17 bits per heavy atom. The third-order valence-electron chi connectivity index (χ3n) is 13.5. The molecule has 23 nitrogen and oxygen atoms in total. The summed E-state index contributed by atoms with van der Waals surface area (Å²) in [5.74, 6) is 3.60. The van der Waals surface area contributed by atoms with E-state index in [4.69, 9.17) is 39.7 Å². The van der Waals surface area contributed by atoms with Crippen molar-refractivity contribution < 1.29 is 67.4 Å². The Balaban J connectivity index is 0.901. The number of hydrogen-bond acceptors (Lipinski definition) is 17. The number of nitrogens with one attached hydrogen (secondary N) is 6. The van der Waals surface area contributed by atoms with Gasteiger partial charge in [0.2, 0.25) is 35.4 Å². The Hall–Kier alpha value is -6.36. The minimum absolute atomic E-state index is 0.0380. The standard InChI is InChI=1S/C57H83N9O14/c1-39(2)54(56(58)73)64-57(74)46(16-10-11-24-60-51(71)38-79-48-18-5-3-4-15-45(55(48)65-59)63-52-35-43(68)34-44(37-67)80-52)62-50(70)23-26-75-28-30-77-32-33-78-31-29-76-27-25-61-49(69)21-22-53(72)66-36-42-14-7-6-12-40(42)19-20-41-13-8-9-17-47(41)66/h6-9,12-14,17,39,43-44,46,48,52,54,59,63,67-68H,3-5,10-11,15-16,18,21-38H2,1-2H3,(H2,58,73)(H,60,71)(H,61,69)(H,62,70)(H,64,74)/b55-45-,65-59?/t43-,44-,46+,48?,52-,54-/m0/s1. The van der Waals surface area contributed by atoms with Gasteiger partial charge in [0.15, 0.2) is 0 Å². The number of rotatable bonds is 35. The van der Waals surface area contributed by atoms with Gasteiger partial charge in [-0.05, 0) is 68.2 Å². The number of primary amides is 1. The first-order valence-corrected chi connectivity index (χ1v) is 27.9. The summed E-state index contributed by atoms with van der Waals surface area (Å²) in [5, 5.41) is 38.0. The molecule has 1 saturated heterocycles. The summed E-state index contributed by atoms with van der Waals surface area (Å²) in [6.07, 6.45) is 3.12. The van der Waals surface area contributed by atoms with Gasteiger partial charge in [0, 0.05) is 62.0 Å². The number of aliphatic hydroxyl groups is 2. The van der Waals surface area contributed by atoms with E-state index >= 15 is 0 Å². The third kappa shape index (κ3) is 23.0. The SMILES string of the molecule is CC(C)[C@H](NC(=O)[C@@H](CCCCNC(=O)COC1CCCCC/C(N[C@@H]2C[C@@H](O)C[C@@H](CO)O2)=C\1N=N)NC(=O)CCOCCOCCOCCOCCNC(=O)CCC(=O)N1Cc2ccccc2C#Cc2ccccc21)C(N)=O. The summed E-state index contributed by atoms with van der Waals surface area (Å²) in [4.78, 5) is 79.0. The molecule has 6 amide bonds. The lowest BCUT2D eigenvalue weighted by atomic mass is 9.98. The molecule has 3 aliphatic rings. The van der Waals surface area contributed by atoms with Gasteiger partial charge in [0.05, 0.1) is 83.9 Å². The molecule has 0 saturated carbocycles. The van der Waals surface area contributed by atoms with E-state index in [9.17, 15) is 39.0 Å². The fraction of sp³-hybridized carbons (Fsp3) is 0.614. The largest absolute Gasteiger partial charge is 0.394 e. The smallest absolute Gasteiger partial charge is 0.246 e. The zero-order valence-electron chi connectivity index (χ0n) is 46.3. The second-order valence-corrected chi connectivity index (χ2v) is 20.1. The number of allylic oxidation sites excluding steroid dienone is 1. The van der Waals surface area contributed by atoms with Crippen LogP contribution in [0.4, 0.5) is 5.69 Å². The van der Waals surface area contributed by atoms with E-state index in [2.05, 4.69) is 43.5 Å². The Labute approximate surface area is 469 Å². The fourth-order valence-electron chi connectivity index (χ4n) is 9.24. The Bertz CT molecular complexity index is 2410. The summed E-state index contributed by atoms with van der Waals surface area (Å²) < 4.78 is 34.1. The van der Waals surface area contributed by atoms with Gasteiger partial charge in [0.1, 0.15) is 36.7 Å². The minimum Gasteiger partial charge on any atom is -0.394 e. The molecule has 2 aromatic carbocycles. The van der Waals surface area contributed by atoms with Crippen LogP contribution in [0, 0.1) is 23.3 Å². The molecule has 2 aromatic rings. The van der Waals surface area contributed by atoms with Gasteiger partial charge in [-0.15, -0.1) is 0 Å². The molecule has 440 valence electrons. The molecule has 5 rings (SSSR count). The number of para-hydroxylation sites is 1. The Morgan fingerprint density at radius 1 is 0.787 bits per heavy atom. The first kappa shape index (κ1) is 64.5. The van der Waals surface area contributed by atoms with Gasteiger partial charge in [0.25, 0.3) is 0 Å². The van der Waals surface area contributed by atoms with Crippen molar-refractivity contribution in [3.05, 3.63) is 76.6 Å². The number of carbonyl (C=O) groups is 6. The lowest BCUT2D eigenvalue weighted by molar-refractivity contribution is -0.132. The Kier molecular flexibility index (Phi) is 29.1. The van der Waals surface area contributed by atoms with Crippen LogP contribution in [-0.2, 0) is 63.7 Å². The quantitative estimate of drug-likeness (QED) is 0.0272. The number of nitrogens with zero attached hydrogens (tertiary/aromatic N) is 2. The average Bonchev–Trinajstić information content (AvgIpc) is 3.43. The van der Waals surface area contributed by atoms with Crippen LogP contribution in [0.3, 0.4) is 0 Å². The number of fused-ring (bicyclic) bond motifs is 2. The molecular formula is C57H83N9O14. The normalized spacial score (nSPS) is 19.7. The molecule has 6 atom stereocenters. The van der Waals surface area contributed by atoms with Crippen molar-refractivity contribution in [1.82, 2.24) is 26.6 Å². The van der Waals surface area contributed by atoms with Crippen LogP contribution < -0.4 is 37.2 Å². The van der Waals surface area contributed by atoms with Crippen LogP contribution in [0.2, 0.25) is 0 Å². The van der Waals surface area contributed by atoms with E-state index in [1.165, 1.54) is 0 Å². The van der Waals surface area contributed by atoms with E-state index < -0.39 is 54.3 Å². The van der Waals surface area contributed by atoms with Crippen LogP contribution >= 0.6 is 0 Å². The number of unbranched alkanes of at least 4 members (excludes halogenated alkanes) is 1. The third-order valence-corrected chi connectivity index (χ3v) is 13.5.